The minimum atomic E-state index is 0.280. The molecule has 18 heavy (non-hydrogen) atoms. The maximum Gasteiger partial charge on any atom is 0.152 e. The first-order valence-electron chi connectivity index (χ1n) is 6.36. The number of hydrogen-bond donors (Lipinski definition) is 0. The van der Waals surface area contributed by atoms with E-state index in [-0.39, 0.29) is 6.10 Å². The molecule has 0 N–H and O–H groups in total. The van der Waals surface area contributed by atoms with Gasteiger partial charge in [-0.3, -0.25) is 4.79 Å². The fraction of sp³-hybridized carbons (Fsp3) is 0.500. The first-order chi connectivity index (χ1) is 8.74. The zero-order chi connectivity index (χ0) is 13.0. The zero-order valence-electron chi connectivity index (χ0n) is 10.6. The molecule has 98 valence electrons. The lowest BCUT2D eigenvalue weighted by Crippen LogP contribution is -2.40. The molecule has 0 aliphatic carbocycles. The van der Waals surface area contributed by atoms with E-state index in [0.29, 0.717) is 0 Å². The summed E-state index contributed by atoms with van der Waals surface area (Å²) in [6.07, 6.45) is 3.42. The monoisotopic (exact) mass is 311 g/mol. The normalized spacial score (nSPS) is 19.9. The van der Waals surface area contributed by atoms with E-state index in [1.165, 1.54) is 0 Å². The van der Waals surface area contributed by atoms with Gasteiger partial charge in [-0.05, 0) is 38.0 Å². The van der Waals surface area contributed by atoms with Gasteiger partial charge in [0.1, 0.15) is 0 Å². The number of piperidine rings is 1. The summed E-state index contributed by atoms with van der Waals surface area (Å²) in [7, 11) is 0. The molecule has 1 saturated heterocycles. The van der Waals surface area contributed by atoms with E-state index in [4.69, 9.17) is 4.74 Å². The Hall–Kier alpha value is -0.870. The number of carbonyl (C=O) groups excluding carboxylic acids is 1. The van der Waals surface area contributed by atoms with Gasteiger partial charge in [-0.2, -0.15) is 0 Å². The average Bonchev–Trinajstić information content (AvgIpc) is 2.39. The van der Waals surface area contributed by atoms with Gasteiger partial charge in [0.15, 0.2) is 6.29 Å². The third kappa shape index (κ3) is 3.12. The Balaban J connectivity index is 2.19. The van der Waals surface area contributed by atoms with E-state index < -0.39 is 0 Å². The molecule has 1 unspecified atom stereocenters. The lowest BCUT2D eigenvalue weighted by Gasteiger charge is -2.34. The highest BCUT2D eigenvalue weighted by Crippen LogP contribution is 2.27. The second-order valence-electron chi connectivity index (χ2n) is 4.49. The predicted molar refractivity (Wildman–Crippen MR) is 76.4 cm³/mol. The molecular formula is C14H18BrNO2. The van der Waals surface area contributed by atoms with Crippen LogP contribution in [0.4, 0.5) is 5.69 Å². The van der Waals surface area contributed by atoms with Gasteiger partial charge in [-0.15, -0.1) is 0 Å². The summed E-state index contributed by atoms with van der Waals surface area (Å²) >= 11 is 3.46. The third-order valence-corrected chi connectivity index (χ3v) is 3.73. The summed E-state index contributed by atoms with van der Waals surface area (Å²) < 4.78 is 6.70. The SMILES string of the molecule is CCOC1CCCN(c2cc(Br)ccc2C=O)C1. The van der Waals surface area contributed by atoms with Crippen molar-refractivity contribution in [3.05, 3.63) is 28.2 Å². The molecule has 0 radical (unpaired) electrons. The number of hydrogen-bond acceptors (Lipinski definition) is 3. The molecule has 0 amide bonds. The number of aldehydes is 1. The van der Waals surface area contributed by atoms with Crippen LogP contribution in [0.2, 0.25) is 0 Å². The van der Waals surface area contributed by atoms with Gasteiger partial charge in [0, 0.05) is 35.4 Å². The predicted octanol–water partition coefficient (Wildman–Crippen LogP) is 3.27. The molecular weight excluding hydrogens is 294 g/mol. The highest BCUT2D eigenvalue weighted by atomic mass is 79.9. The van der Waals surface area contributed by atoms with Crippen LogP contribution in [0.5, 0.6) is 0 Å². The van der Waals surface area contributed by atoms with Crippen molar-refractivity contribution < 1.29 is 9.53 Å². The quantitative estimate of drug-likeness (QED) is 0.799. The van der Waals surface area contributed by atoms with Crippen LogP contribution in [-0.4, -0.2) is 32.1 Å². The summed E-state index contributed by atoms with van der Waals surface area (Å²) in [6, 6.07) is 5.77. The summed E-state index contributed by atoms with van der Waals surface area (Å²) in [5.41, 5.74) is 1.75. The molecule has 3 nitrogen and oxygen atoms in total. The van der Waals surface area contributed by atoms with Gasteiger partial charge >= 0.3 is 0 Å². The van der Waals surface area contributed by atoms with Crippen molar-refractivity contribution in [2.24, 2.45) is 0 Å². The van der Waals surface area contributed by atoms with Gasteiger partial charge in [-0.1, -0.05) is 15.9 Å². The number of rotatable bonds is 4. The van der Waals surface area contributed by atoms with Crippen molar-refractivity contribution in [2.45, 2.75) is 25.9 Å². The van der Waals surface area contributed by atoms with Crippen LogP contribution in [0.1, 0.15) is 30.1 Å². The van der Waals surface area contributed by atoms with Crippen LogP contribution in [0.3, 0.4) is 0 Å². The summed E-state index contributed by atoms with van der Waals surface area (Å²) in [4.78, 5) is 13.4. The highest BCUT2D eigenvalue weighted by molar-refractivity contribution is 9.10. The Bertz CT molecular complexity index is 420. The molecule has 2 rings (SSSR count). The first kappa shape index (κ1) is 13.6. The second-order valence-corrected chi connectivity index (χ2v) is 5.40. The molecule has 1 aliphatic heterocycles. The third-order valence-electron chi connectivity index (χ3n) is 3.24. The van der Waals surface area contributed by atoms with Crippen LogP contribution in [0.15, 0.2) is 22.7 Å². The van der Waals surface area contributed by atoms with Gasteiger partial charge in [-0.25, -0.2) is 0 Å². The van der Waals surface area contributed by atoms with Crippen molar-refractivity contribution in [3.63, 3.8) is 0 Å². The second kappa shape index (κ2) is 6.34. The molecule has 1 aliphatic rings. The van der Waals surface area contributed by atoms with Crippen LogP contribution in [0, 0.1) is 0 Å². The molecule has 4 heteroatoms. The van der Waals surface area contributed by atoms with Crippen molar-refractivity contribution in [2.75, 3.05) is 24.6 Å². The minimum Gasteiger partial charge on any atom is -0.377 e. The molecule has 1 aromatic rings. The maximum absolute atomic E-state index is 11.1. The van der Waals surface area contributed by atoms with E-state index in [2.05, 4.69) is 20.8 Å². The fourth-order valence-electron chi connectivity index (χ4n) is 2.42. The Labute approximate surface area is 116 Å². The van der Waals surface area contributed by atoms with E-state index in [1.807, 2.05) is 25.1 Å². The standard InChI is InChI=1S/C14H18BrNO2/c1-2-18-13-4-3-7-16(9-13)14-8-12(15)6-5-11(14)10-17/h5-6,8,10,13H,2-4,7,9H2,1H3. The Morgan fingerprint density at radius 3 is 3.11 bits per heavy atom. The largest absolute Gasteiger partial charge is 0.377 e. The van der Waals surface area contributed by atoms with Gasteiger partial charge in [0.2, 0.25) is 0 Å². The van der Waals surface area contributed by atoms with E-state index >= 15 is 0 Å². The van der Waals surface area contributed by atoms with Crippen LogP contribution in [-0.2, 0) is 4.74 Å². The van der Waals surface area contributed by atoms with Crippen molar-refractivity contribution in [3.8, 4) is 0 Å². The molecule has 1 atom stereocenters. The van der Waals surface area contributed by atoms with Crippen LogP contribution >= 0.6 is 15.9 Å². The number of halogens is 1. The van der Waals surface area contributed by atoms with E-state index in [0.717, 1.165) is 54.5 Å². The molecule has 0 aromatic heterocycles. The van der Waals surface area contributed by atoms with Crippen molar-refractivity contribution in [1.82, 2.24) is 0 Å². The average molecular weight is 312 g/mol. The zero-order valence-corrected chi connectivity index (χ0v) is 12.1. The number of ether oxygens (including phenoxy) is 1. The fourth-order valence-corrected chi connectivity index (χ4v) is 2.77. The summed E-state index contributed by atoms with van der Waals surface area (Å²) in [6.45, 7) is 4.62. The Kier molecular flexibility index (Phi) is 4.78. The van der Waals surface area contributed by atoms with E-state index in [9.17, 15) is 4.79 Å². The van der Waals surface area contributed by atoms with Crippen molar-refractivity contribution >= 4 is 27.9 Å². The Morgan fingerprint density at radius 2 is 2.39 bits per heavy atom. The van der Waals surface area contributed by atoms with Crippen LogP contribution < -0.4 is 4.90 Å². The molecule has 1 fully saturated rings. The van der Waals surface area contributed by atoms with E-state index in [1.54, 1.807) is 0 Å². The Morgan fingerprint density at radius 1 is 1.56 bits per heavy atom. The summed E-state index contributed by atoms with van der Waals surface area (Å²) in [5.74, 6) is 0. The first-order valence-corrected chi connectivity index (χ1v) is 7.15. The number of benzene rings is 1. The topological polar surface area (TPSA) is 29.5 Å². The van der Waals surface area contributed by atoms with Gasteiger partial charge < -0.3 is 9.64 Å². The molecule has 0 bridgehead atoms. The number of carbonyl (C=O) groups is 1. The summed E-state index contributed by atoms with van der Waals surface area (Å²) in [5, 5.41) is 0. The molecule has 0 saturated carbocycles. The number of nitrogens with zero attached hydrogens (tertiary/aromatic N) is 1. The lowest BCUT2D eigenvalue weighted by molar-refractivity contribution is 0.0526. The molecule has 0 spiro atoms. The maximum atomic E-state index is 11.1. The molecule has 1 heterocycles. The smallest absolute Gasteiger partial charge is 0.152 e. The highest BCUT2D eigenvalue weighted by Gasteiger charge is 2.22. The lowest BCUT2D eigenvalue weighted by atomic mass is 10.1. The number of anilines is 1. The van der Waals surface area contributed by atoms with Crippen LogP contribution in [0.25, 0.3) is 0 Å². The van der Waals surface area contributed by atoms with Gasteiger partial charge in [0.05, 0.1) is 6.10 Å². The van der Waals surface area contributed by atoms with Gasteiger partial charge in [0.25, 0.3) is 0 Å². The minimum absolute atomic E-state index is 0.280. The van der Waals surface area contributed by atoms with Crippen molar-refractivity contribution in [1.29, 1.82) is 0 Å². The molecule has 1 aromatic carbocycles.